The first kappa shape index (κ1) is 17.1. The number of amides is 2. The summed E-state index contributed by atoms with van der Waals surface area (Å²) in [4.78, 5) is 23.5. The van der Waals surface area contributed by atoms with E-state index in [0.717, 1.165) is 0 Å². The largest absolute Gasteiger partial charge is 0.462 e. The van der Waals surface area contributed by atoms with E-state index in [-0.39, 0.29) is 0 Å². The van der Waals surface area contributed by atoms with Gasteiger partial charge in [0.05, 0.1) is 27.9 Å². The van der Waals surface area contributed by atoms with E-state index in [1.807, 2.05) is 0 Å². The van der Waals surface area contributed by atoms with Crippen molar-refractivity contribution in [2.75, 3.05) is 17.2 Å². The Labute approximate surface area is 143 Å². The van der Waals surface area contributed by atoms with Crippen LogP contribution < -0.4 is 10.6 Å². The van der Waals surface area contributed by atoms with Crippen molar-refractivity contribution in [2.45, 2.75) is 6.92 Å². The molecule has 7 heteroatoms. The number of ether oxygens (including phenoxy) is 1. The summed E-state index contributed by atoms with van der Waals surface area (Å²) in [6, 6.07) is 10.8. The van der Waals surface area contributed by atoms with E-state index in [2.05, 4.69) is 10.6 Å². The van der Waals surface area contributed by atoms with Crippen molar-refractivity contribution in [1.29, 1.82) is 0 Å². The molecule has 0 heterocycles. The lowest BCUT2D eigenvalue weighted by molar-refractivity contribution is 0.0526. The number of hydrogen-bond acceptors (Lipinski definition) is 3. The number of carbonyl (C=O) groups is 2. The molecule has 0 aliphatic carbocycles. The molecule has 0 aliphatic heterocycles. The van der Waals surface area contributed by atoms with Crippen LogP contribution in [0.25, 0.3) is 0 Å². The minimum absolute atomic E-state index is 0.305. The van der Waals surface area contributed by atoms with Crippen LogP contribution in [0.15, 0.2) is 42.5 Å². The maximum absolute atomic E-state index is 12.0. The lowest BCUT2D eigenvalue weighted by Gasteiger charge is -2.10. The maximum Gasteiger partial charge on any atom is 0.338 e. The third kappa shape index (κ3) is 4.61. The van der Waals surface area contributed by atoms with Crippen LogP contribution in [0.3, 0.4) is 0 Å². The second-order valence-electron chi connectivity index (χ2n) is 4.47. The molecule has 2 aromatic rings. The molecule has 2 aromatic carbocycles. The molecule has 5 nitrogen and oxygen atoms in total. The molecule has 2 rings (SSSR count). The fourth-order valence-electron chi connectivity index (χ4n) is 1.80. The maximum atomic E-state index is 12.0. The van der Waals surface area contributed by atoms with Gasteiger partial charge in [-0.15, -0.1) is 0 Å². The van der Waals surface area contributed by atoms with Crippen molar-refractivity contribution in [3.63, 3.8) is 0 Å². The van der Waals surface area contributed by atoms with Crippen molar-refractivity contribution in [3.8, 4) is 0 Å². The van der Waals surface area contributed by atoms with Crippen molar-refractivity contribution in [2.24, 2.45) is 0 Å². The van der Waals surface area contributed by atoms with Crippen molar-refractivity contribution >= 4 is 46.6 Å². The normalized spacial score (nSPS) is 10.0. The third-order valence-electron chi connectivity index (χ3n) is 2.86. The molecule has 120 valence electrons. The van der Waals surface area contributed by atoms with Gasteiger partial charge in [-0.05, 0) is 43.3 Å². The second-order valence-corrected chi connectivity index (χ2v) is 5.29. The van der Waals surface area contributed by atoms with Gasteiger partial charge in [-0.1, -0.05) is 29.3 Å². The summed E-state index contributed by atoms with van der Waals surface area (Å²) in [7, 11) is 0. The van der Waals surface area contributed by atoms with Crippen LogP contribution >= 0.6 is 23.2 Å². The Morgan fingerprint density at radius 1 is 1.00 bits per heavy atom. The van der Waals surface area contributed by atoms with Crippen molar-refractivity contribution in [3.05, 3.63) is 58.1 Å². The van der Waals surface area contributed by atoms with Gasteiger partial charge in [-0.25, -0.2) is 9.59 Å². The van der Waals surface area contributed by atoms with E-state index in [1.54, 1.807) is 49.4 Å². The predicted octanol–water partition coefficient (Wildman–Crippen LogP) is 4.81. The Morgan fingerprint density at radius 3 is 2.17 bits per heavy atom. The minimum Gasteiger partial charge on any atom is -0.462 e. The Morgan fingerprint density at radius 2 is 1.61 bits per heavy atom. The van der Waals surface area contributed by atoms with Crippen LogP contribution in [0.5, 0.6) is 0 Å². The smallest absolute Gasteiger partial charge is 0.338 e. The van der Waals surface area contributed by atoms with E-state index in [4.69, 9.17) is 27.9 Å². The first-order chi connectivity index (χ1) is 11.0. The average Bonchev–Trinajstić information content (AvgIpc) is 2.52. The fraction of sp³-hybridized carbons (Fsp3) is 0.125. The van der Waals surface area contributed by atoms with Gasteiger partial charge in [0.25, 0.3) is 0 Å². The topological polar surface area (TPSA) is 67.4 Å². The van der Waals surface area contributed by atoms with Crippen LogP contribution in [0.4, 0.5) is 16.2 Å². The standard InChI is InChI=1S/C16H14Cl2N2O3/c1-2-23-15(21)10-6-8-11(9-7-10)19-16(22)20-14-12(17)4-3-5-13(14)18/h3-9H,2H2,1H3,(H2,19,20,22). The summed E-state index contributed by atoms with van der Waals surface area (Å²) in [5, 5.41) is 5.88. The molecule has 0 bridgehead atoms. The first-order valence-electron chi connectivity index (χ1n) is 6.80. The van der Waals surface area contributed by atoms with Gasteiger partial charge in [0.2, 0.25) is 0 Å². The van der Waals surface area contributed by atoms with E-state index in [9.17, 15) is 9.59 Å². The highest BCUT2D eigenvalue weighted by atomic mass is 35.5. The summed E-state index contributed by atoms with van der Waals surface area (Å²) < 4.78 is 4.89. The van der Waals surface area contributed by atoms with Gasteiger partial charge < -0.3 is 15.4 Å². The molecule has 0 spiro atoms. The van der Waals surface area contributed by atoms with Gasteiger partial charge in [0, 0.05) is 5.69 Å². The van der Waals surface area contributed by atoms with Gasteiger partial charge in [0.1, 0.15) is 0 Å². The Kier molecular flexibility index (Phi) is 5.84. The van der Waals surface area contributed by atoms with E-state index in [1.165, 1.54) is 0 Å². The van der Waals surface area contributed by atoms with E-state index < -0.39 is 12.0 Å². The highest BCUT2D eigenvalue weighted by Gasteiger charge is 2.10. The number of urea groups is 1. The van der Waals surface area contributed by atoms with Crippen LogP contribution in [0.1, 0.15) is 17.3 Å². The number of benzene rings is 2. The molecule has 0 saturated heterocycles. The van der Waals surface area contributed by atoms with Crippen LogP contribution in [0.2, 0.25) is 10.0 Å². The SMILES string of the molecule is CCOC(=O)c1ccc(NC(=O)Nc2c(Cl)cccc2Cl)cc1. The zero-order valence-corrected chi connectivity index (χ0v) is 13.7. The molecule has 2 amide bonds. The number of rotatable bonds is 4. The Balaban J connectivity index is 2.02. The Hall–Kier alpha value is -2.24. The zero-order valence-electron chi connectivity index (χ0n) is 12.2. The van der Waals surface area contributed by atoms with Crippen LogP contribution in [0, 0.1) is 0 Å². The van der Waals surface area contributed by atoms with Gasteiger partial charge in [-0.2, -0.15) is 0 Å². The Bertz CT molecular complexity index is 698. The molecule has 2 N–H and O–H groups in total. The summed E-state index contributed by atoms with van der Waals surface area (Å²) in [6.45, 7) is 2.04. The molecular formula is C16H14Cl2N2O3. The van der Waals surface area contributed by atoms with Crippen molar-refractivity contribution < 1.29 is 14.3 Å². The van der Waals surface area contributed by atoms with E-state index in [0.29, 0.717) is 33.6 Å². The molecule has 23 heavy (non-hydrogen) atoms. The fourth-order valence-corrected chi connectivity index (χ4v) is 2.29. The van der Waals surface area contributed by atoms with Gasteiger partial charge in [-0.3, -0.25) is 0 Å². The van der Waals surface area contributed by atoms with Crippen LogP contribution in [-0.4, -0.2) is 18.6 Å². The molecule has 0 unspecified atom stereocenters. The minimum atomic E-state index is -0.496. The quantitative estimate of drug-likeness (QED) is 0.775. The molecule has 0 radical (unpaired) electrons. The monoisotopic (exact) mass is 352 g/mol. The highest BCUT2D eigenvalue weighted by Crippen LogP contribution is 2.29. The number of anilines is 2. The van der Waals surface area contributed by atoms with E-state index >= 15 is 0 Å². The van der Waals surface area contributed by atoms with Gasteiger partial charge >= 0.3 is 12.0 Å². The summed E-state index contributed by atoms with van der Waals surface area (Å²) >= 11 is 12.0. The number of hydrogen-bond donors (Lipinski definition) is 2. The molecule has 0 aliphatic rings. The number of para-hydroxylation sites is 1. The summed E-state index contributed by atoms with van der Waals surface area (Å²) in [5.41, 5.74) is 1.25. The second kappa shape index (κ2) is 7.85. The molecule has 0 saturated carbocycles. The average molecular weight is 353 g/mol. The highest BCUT2D eigenvalue weighted by molar-refractivity contribution is 6.39. The lowest BCUT2D eigenvalue weighted by atomic mass is 10.2. The van der Waals surface area contributed by atoms with Gasteiger partial charge in [0.15, 0.2) is 0 Å². The summed E-state index contributed by atoms with van der Waals surface area (Å²) in [5.74, 6) is -0.411. The predicted molar refractivity (Wildman–Crippen MR) is 91.5 cm³/mol. The molecule has 0 aromatic heterocycles. The summed E-state index contributed by atoms with van der Waals surface area (Å²) in [6.07, 6.45) is 0. The third-order valence-corrected chi connectivity index (χ3v) is 3.49. The van der Waals surface area contributed by atoms with Crippen molar-refractivity contribution in [1.82, 2.24) is 0 Å². The number of nitrogens with one attached hydrogen (secondary N) is 2. The number of esters is 1. The van der Waals surface area contributed by atoms with Crippen LogP contribution in [-0.2, 0) is 4.74 Å². The number of carbonyl (C=O) groups excluding carboxylic acids is 2. The first-order valence-corrected chi connectivity index (χ1v) is 7.56. The lowest BCUT2D eigenvalue weighted by Crippen LogP contribution is -2.20. The molecule has 0 atom stereocenters. The number of halogens is 2. The zero-order chi connectivity index (χ0) is 16.8. The molecular weight excluding hydrogens is 339 g/mol. The molecule has 0 fully saturated rings.